The van der Waals surface area contributed by atoms with Gasteiger partial charge in [-0.05, 0) is 85.7 Å². The maximum absolute atomic E-state index is 13.4. The monoisotopic (exact) mass is 475 g/mol. The largest absolute Gasteiger partial charge is 0.446 e. The van der Waals surface area contributed by atoms with Crippen LogP contribution in [0.3, 0.4) is 0 Å². The van der Waals surface area contributed by atoms with Crippen LogP contribution in [-0.4, -0.2) is 35.2 Å². The first-order valence-corrected chi connectivity index (χ1v) is 13.9. The maximum atomic E-state index is 13.4. The first kappa shape index (κ1) is 21.8. The first-order valence-electron chi connectivity index (χ1n) is 13.9. The molecule has 2 aromatic rings. The molecule has 5 atom stereocenters. The Morgan fingerprint density at radius 1 is 1.03 bits per heavy atom. The molecule has 1 heterocycles. The van der Waals surface area contributed by atoms with E-state index < -0.39 is 12.1 Å². The van der Waals surface area contributed by atoms with E-state index in [1.807, 2.05) is 24.4 Å². The summed E-state index contributed by atoms with van der Waals surface area (Å²) in [7, 11) is 0. The molecule has 35 heavy (non-hydrogen) atoms. The Labute approximate surface area is 206 Å². The number of carbonyl (C=O) groups excluding carboxylic acids is 2. The highest BCUT2D eigenvalue weighted by molar-refractivity contribution is 5.88. The van der Waals surface area contributed by atoms with Crippen LogP contribution >= 0.6 is 0 Å². The van der Waals surface area contributed by atoms with E-state index >= 15 is 0 Å². The third kappa shape index (κ3) is 3.58. The van der Waals surface area contributed by atoms with Crippen molar-refractivity contribution in [3.05, 3.63) is 36.0 Å². The second-order valence-corrected chi connectivity index (χ2v) is 12.2. The van der Waals surface area contributed by atoms with Crippen molar-refractivity contribution in [2.45, 2.75) is 88.8 Å². The molecule has 5 saturated carbocycles. The fourth-order valence-electron chi connectivity index (χ4n) is 8.93. The van der Waals surface area contributed by atoms with Gasteiger partial charge in [0.2, 0.25) is 5.91 Å². The summed E-state index contributed by atoms with van der Waals surface area (Å²) in [6.07, 6.45) is 14.0. The average molecular weight is 476 g/mol. The minimum atomic E-state index is -0.646. The van der Waals surface area contributed by atoms with E-state index in [-0.39, 0.29) is 18.1 Å². The lowest BCUT2D eigenvalue weighted by Crippen LogP contribution is -2.52. The fraction of sp³-hybridized carbons (Fsp3) is 0.655. The number of fused-ring (bicyclic) bond motifs is 3. The zero-order chi connectivity index (χ0) is 23.6. The molecule has 0 radical (unpaired) electrons. The molecular formula is C29H37N3O3. The summed E-state index contributed by atoms with van der Waals surface area (Å²) < 4.78 is 6.16. The van der Waals surface area contributed by atoms with Crippen molar-refractivity contribution >= 4 is 22.9 Å². The SMILES string of the molecule is O=C(NC(Cc1c[nH]c2ccccc12)C(=O)NC1CCCCC1)OC1C2CC3CC4CC1CC34C2. The van der Waals surface area contributed by atoms with E-state index in [1.165, 1.54) is 38.5 Å². The van der Waals surface area contributed by atoms with E-state index in [9.17, 15) is 9.59 Å². The number of alkyl carbamates (subject to hydrolysis) is 1. The van der Waals surface area contributed by atoms with Crippen molar-refractivity contribution in [2.75, 3.05) is 0 Å². The van der Waals surface area contributed by atoms with Gasteiger partial charge in [-0.3, -0.25) is 4.79 Å². The average Bonchev–Trinajstić information content (AvgIpc) is 3.45. The highest BCUT2D eigenvalue weighted by Gasteiger charge is 2.69. The Kier molecular flexibility index (Phi) is 5.15. The fourth-order valence-corrected chi connectivity index (χ4v) is 8.93. The van der Waals surface area contributed by atoms with E-state index in [0.29, 0.717) is 23.7 Å². The van der Waals surface area contributed by atoms with Gasteiger partial charge in [-0.1, -0.05) is 37.5 Å². The molecule has 5 aliphatic rings. The molecule has 5 fully saturated rings. The van der Waals surface area contributed by atoms with Crippen molar-refractivity contribution in [2.24, 2.45) is 29.1 Å². The summed E-state index contributed by atoms with van der Waals surface area (Å²) in [5, 5.41) is 7.34. The lowest BCUT2D eigenvalue weighted by molar-refractivity contribution is -0.124. The summed E-state index contributed by atoms with van der Waals surface area (Å²) in [4.78, 5) is 29.9. The zero-order valence-electron chi connectivity index (χ0n) is 20.4. The van der Waals surface area contributed by atoms with Crippen molar-refractivity contribution in [1.29, 1.82) is 0 Å². The van der Waals surface area contributed by atoms with E-state index in [4.69, 9.17) is 4.74 Å². The Morgan fingerprint density at radius 3 is 2.54 bits per heavy atom. The normalized spacial score (nSPS) is 35.9. The number of benzene rings is 1. The third-order valence-electron chi connectivity index (χ3n) is 10.5. The number of hydrogen-bond acceptors (Lipinski definition) is 3. The topological polar surface area (TPSA) is 83.2 Å². The van der Waals surface area contributed by atoms with E-state index in [2.05, 4.69) is 21.7 Å². The van der Waals surface area contributed by atoms with Gasteiger partial charge in [0.05, 0.1) is 0 Å². The molecule has 2 amide bonds. The number of ether oxygens (including phenoxy) is 1. The predicted molar refractivity (Wildman–Crippen MR) is 134 cm³/mol. The van der Waals surface area contributed by atoms with Crippen LogP contribution in [0.25, 0.3) is 10.9 Å². The van der Waals surface area contributed by atoms with Gasteiger partial charge in [-0.25, -0.2) is 4.79 Å². The molecule has 3 bridgehead atoms. The zero-order valence-corrected chi connectivity index (χ0v) is 20.4. The second kappa shape index (κ2) is 8.28. The molecule has 6 nitrogen and oxygen atoms in total. The molecule has 5 aliphatic carbocycles. The van der Waals surface area contributed by atoms with Crippen LogP contribution in [0.2, 0.25) is 0 Å². The Balaban J connectivity index is 1.07. The van der Waals surface area contributed by atoms with E-state index in [1.54, 1.807) is 0 Å². The van der Waals surface area contributed by atoms with Crippen molar-refractivity contribution < 1.29 is 14.3 Å². The van der Waals surface area contributed by atoms with Crippen LogP contribution < -0.4 is 10.6 Å². The molecule has 3 N–H and O–H groups in total. The maximum Gasteiger partial charge on any atom is 0.408 e. The predicted octanol–water partition coefficient (Wildman–Crippen LogP) is 5.08. The minimum absolute atomic E-state index is 0.0218. The number of para-hydroxylation sites is 1. The van der Waals surface area contributed by atoms with Crippen LogP contribution in [0.4, 0.5) is 4.79 Å². The molecule has 5 unspecified atom stereocenters. The number of aromatic nitrogens is 1. The molecule has 7 rings (SSSR count). The van der Waals surface area contributed by atoms with Crippen molar-refractivity contribution in [3.63, 3.8) is 0 Å². The standard InChI is InChI=1S/C29H37N3O3/c33-27(31-22-6-2-1-3-7-22)25(12-19-16-30-24-9-5-4-8-23(19)24)32-28(34)35-26-17-10-20-13-21-11-18(26)15-29(20,21)14-17/h4-5,8-9,16-18,20-22,25-26,30H,1-3,6-7,10-15H2,(H,31,33)(H,32,34). The molecule has 0 aliphatic heterocycles. The van der Waals surface area contributed by atoms with Gasteiger partial charge in [0, 0.05) is 29.6 Å². The van der Waals surface area contributed by atoms with Crippen LogP contribution in [-0.2, 0) is 16.0 Å². The van der Waals surface area contributed by atoms with Gasteiger partial charge < -0.3 is 20.4 Å². The highest BCUT2D eigenvalue weighted by Crippen LogP contribution is 2.75. The second-order valence-electron chi connectivity index (χ2n) is 12.2. The van der Waals surface area contributed by atoms with Gasteiger partial charge in [-0.2, -0.15) is 0 Å². The number of nitrogens with one attached hydrogen (secondary N) is 3. The number of amides is 2. The van der Waals surface area contributed by atoms with E-state index in [0.717, 1.165) is 54.0 Å². The number of carbonyl (C=O) groups is 2. The van der Waals surface area contributed by atoms with Gasteiger partial charge in [-0.15, -0.1) is 0 Å². The summed E-state index contributed by atoms with van der Waals surface area (Å²) in [6.45, 7) is 0. The number of rotatable bonds is 6. The number of aromatic amines is 1. The van der Waals surface area contributed by atoms with Crippen molar-refractivity contribution in [3.8, 4) is 0 Å². The Morgan fingerprint density at radius 2 is 1.77 bits per heavy atom. The van der Waals surface area contributed by atoms with Gasteiger partial charge in [0.25, 0.3) is 0 Å². The number of hydrogen-bond donors (Lipinski definition) is 3. The lowest BCUT2D eigenvalue weighted by Gasteiger charge is -2.49. The summed E-state index contributed by atoms with van der Waals surface area (Å²) >= 11 is 0. The van der Waals surface area contributed by atoms with Crippen LogP contribution in [0.1, 0.15) is 69.8 Å². The Bertz CT molecular complexity index is 1110. The molecule has 6 heteroatoms. The molecule has 186 valence electrons. The lowest BCUT2D eigenvalue weighted by atomic mass is 9.56. The van der Waals surface area contributed by atoms with Crippen LogP contribution in [0.5, 0.6) is 0 Å². The van der Waals surface area contributed by atoms with Crippen LogP contribution in [0, 0.1) is 29.1 Å². The number of H-pyrrole nitrogens is 1. The highest BCUT2D eigenvalue weighted by atomic mass is 16.6. The van der Waals surface area contributed by atoms with Crippen LogP contribution in [0.15, 0.2) is 30.5 Å². The molecule has 1 aromatic heterocycles. The third-order valence-corrected chi connectivity index (χ3v) is 10.5. The van der Waals surface area contributed by atoms with Gasteiger partial charge >= 0.3 is 6.09 Å². The Hall–Kier alpha value is -2.50. The summed E-state index contributed by atoms with van der Waals surface area (Å²) in [5.74, 6) is 2.68. The summed E-state index contributed by atoms with van der Waals surface area (Å²) in [6, 6.07) is 7.67. The molecular weight excluding hydrogens is 438 g/mol. The van der Waals surface area contributed by atoms with Gasteiger partial charge in [0.15, 0.2) is 0 Å². The smallest absolute Gasteiger partial charge is 0.408 e. The van der Waals surface area contributed by atoms with Gasteiger partial charge in [0.1, 0.15) is 12.1 Å². The molecule has 1 aromatic carbocycles. The molecule has 0 saturated heterocycles. The minimum Gasteiger partial charge on any atom is -0.446 e. The summed E-state index contributed by atoms with van der Waals surface area (Å²) in [5.41, 5.74) is 2.69. The quantitative estimate of drug-likeness (QED) is 0.545. The molecule has 1 spiro atoms. The van der Waals surface area contributed by atoms with Crippen molar-refractivity contribution in [1.82, 2.24) is 15.6 Å². The first-order chi connectivity index (χ1) is 17.1.